The molecule has 1 fully saturated rings. The SMILES string of the molecule is COc1ccc2c(c1)c(S(=O)(=O)c1ccccc1)nn2CCN1CCCC1. The standard InChI is InChI=1S/C20H23N3O3S/c1-26-16-9-10-19-18(15-16)20(27(24,25)17-7-3-2-4-8-17)21-23(19)14-13-22-11-5-6-12-22/h2-4,7-10,15H,5-6,11-14H2,1H3. The molecule has 3 aromatic rings. The number of aromatic nitrogens is 2. The van der Waals surface area contributed by atoms with Gasteiger partial charge in [0.1, 0.15) is 5.75 Å². The highest BCUT2D eigenvalue weighted by Gasteiger charge is 2.26. The van der Waals surface area contributed by atoms with Crippen LogP contribution in [0.15, 0.2) is 58.5 Å². The van der Waals surface area contributed by atoms with Crippen LogP contribution in [-0.2, 0) is 16.4 Å². The van der Waals surface area contributed by atoms with E-state index in [9.17, 15) is 8.42 Å². The van der Waals surface area contributed by atoms with Gasteiger partial charge in [-0.3, -0.25) is 4.68 Å². The van der Waals surface area contributed by atoms with Crippen LogP contribution in [0.5, 0.6) is 5.75 Å². The molecule has 1 aliphatic rings. The predicted octanol–water partition coefficient (Wildman–Crippen LogP) is 2.97. The highest BCUT2D eigenvalue weighted by molar-refractivity contribution is 7.91. The first-order valence-corrected chi connectivity index (χ1v) is 10.6. The van der Waals surface area contributed by atoms with Gasteiger partial charge in [-0.2, -0.15) is 5.10 Å². The van der Waals surface area contributed by atoms with E-state index >= 15 is 0 Å². The van der Waals surface area contributed by atoms with Gasteiger partial charge in [-0.05, 0) is 56.3 Å². The number of hydrogen-bond acceptors (Lipinski definition) is 5. The molecule has 0 aliphatic carbocycles. The Kier molecular flexibility index (Phi) is 4.88. The molecule has 1 aromatic heterocycles. The van der Waals surface area contributed by atoms with Crippen molar-refractivity contribution in [3.8, 4) is 5.75 Å². The van der Waals surface area contributed by atoms with Gasteiger partial charge >= 0.3 is 0 Å². The average molecular weight is 385 g/mol. The molecule has 4 rings (SSSR count). The average Bonchev–Trinajstić information content (AvgIpc) is 3.34. The number of hydrogen-bond donors (Lipinski definition) is 0. The summed E-state index contributed by atoms with van der Waals surface area (Å²) in [5, 5.41) is 5.20. The Bertz CT molecular complexity index is 1040. The molecular weight excluding hydrogens is 362 g/mol. The Morgan fingerprint density at radius 2 is 1.78 bits per heavy atom. The van der Waals surface area contributed by atoms with E-state index in [1.54, 1.807) is 43.5 Å². The highest BCUT2D eigenvalue weighted by atomic mass is 32.2. The van der Waals surface area contributed by atoms with Crippen molar-refractivity contribution in [2.24, 2.45) is 0 Å². The van der Waals surface area contributed by atoms with Gasteiger partial charge in [0.25, 0.3) is 0 Å². The molecule has 1 aliphatic heterocycles. The highest BCUT2D eigenvalue weighted by Crippen LogP contribution is 2.30. The number of ether oxygens (including phenoxy) is 1. The maximum atomic E-state index is 13.2. The van der Waals surface area contributed by atoms with E-state index in [1.807, 2.05) is 16.8 Å². The Morgan fingerprint density at radius 1 is 1.04 bits per heavy atom. The van der Waals surface area contributed by atoms with Crippen molar-refractivity contribution in [1.29, 1.82) is 0 Å². The van der Waals surface area contributed by atoms with Crippen LogP contribution >= 0.6 is 0 Å². The Morgan fingerprint density at radius 3 is 2.48 bits per heavy atom. The molecule has 142 valence electrons. The van der Waals surface area contributed by atoms with Gasteiger partial charge < -0.3 is 9.64 Å². The van der Waals surface area contributed by atoms with Crippen LogP contribution in [-0.4, -0.2) is 49.8 Å². The fourth-order valence-electron chi connectivity index (χ4n) is 3.58. The second-order valence-electron chi connectivity index (χ2n) is 6.78. The van der Waals surface area contributed by atoms with Crippen LogP contribution < -0.4 is 4.74 Å². The third-order valence-electron chi connectivity index (χ3n) is 5.06. The van der Waals surface area contributed by atoms with E-state index in [1.165, 1.54) is 12.8 Å². The van der Waals surface area contributed by atoms with Crippen molar-refractivity contribution in [1.82, 2.24) is 14.7 Å². The van der Waals surface area contributed by atoms with Gasteiger partial charge in [-0.25, -0.2) is 8.42 Å². The van der Waals surface area contributed by atoms with Gasteiger partial charge in [0.15, 0.2) is 5.03 Å². The Balaban J connectivity index is 1.79. The van der Waals surface area contributed by atoms with E-state index in [0.29, 0.717) is 17.7 Å². The molecule has 6 nitrogen and oxygen atoms in total. The number of likely N-dealkylation sites (tertiary alicyclic amines) is 1. The summed E-state index contributed by atoms with van der Waals surface area (Å²) in [5.74, 6) is 0.617. The van der Waals surface area contributed by atoms with E-state index in [0.717, 1.165) is 25.2 Å². The Labute approximate surface area is 159 Å². The predicted molar refractivity (Wildman–Crippen MR) is 104 cm³/mol. The topological polar surface area (TPSA) is 64.4 Å². The second-order valence-corrected chi connectivity index (χ2v) is 8.64. The minimum Gasteiger partial charge on any atom is -0.497 e. The molecule has 27 heavy (non-hydrogen) atoms. The quantitative estimate of drug-likeness (QED) is 0.653. The molecule has 0 unspecified atom stereocenters. The van der Waals surface area contributed by atoms with Gasteiger partial charge in [-0.15, -0.1) is 0 Å². The van der Waals surface area contributed by atoms with Crippen molar-refractivity contribution in [2.45, 2.75) is 29.3 Å². The molecule has 0 bridgehead atoms. The number of rotatable bonds is 6. The number of benzene rings is 2. The van der Waals surface area contributed by atoms with E-state index in [-0.39, 0.29) is 9.92 Å². The molecule has 0 saturated carbocycles. The zero-order chi connectivity index (χ0) is 18.9. The largest absolute Gasteiger partial charge is 0.497 e. The molecular formula is C20H23N3O3S. The normalized spacial score (nSPS) is 15.4. The van der Waals surface area contributed by atoms with Gasteiger partial charge in [-0.1, -0.05) is 18.2 Å². The molecule has 0 spiro atoms. The maximum Gasteiger partial charge on any atom is 0.226 e. The zero-order valence-electron chi connectivity index (χ0n) is 15.3. The third-order valence-corrected chi connectivity index (χ3v) is 6.76. The molecule has 0 radical (unpaired) electrons. The zero-order valence-corrected chi connectivity index (χ0v) is 16.2. The fourth-order valence-corrected chi connectivity index (χ4v) is 4.98. The smallest absolute Gasteiger partial charge is 0.226 e. The first-order chi connectivity index (χ1) is 13.1. The lowest BCUT2D eigenvalue weighted by molar-refractivity contribution is 0.317. The first kappa shape index (κ1) is 18.0. The van der Waals surface area contributed by atoms with Crippen LogP contribution in [0.2, 0.25) is 0 Å². The van der Waals surface area contributed by atoms with E-state index in [4.69, 9.17) is 4.74 Å². The minimum absolute atomic E-state index is 0.0871. The van der Waals surface area contributed by atoms with Crippen LogP contribution in [0.1, 0.15) is 12.8 Å². The van der Waals surface area contributed by atoms with E-state index < -0.39 is 9.84 Å². The summed E-state index contributed by atoms with van der Waals surface area (Å²) in [6.07, 6.45) is 2.45. The summed E-state index contributed by atoms with van der Waals surface area (Å²) < 4.78 is 33.5. The molecule has 0 N–H and O–H groups in total. The van der Waals surface area contributed by atoms with Crippen molar-refractivity contribution < 1.29 is 13.2 Å². The number of sulfone groups is 1. The Hall–Kier alpha value is -2.38. The second kappa shape index (κ2) is 7.32. The van der Waals surface area contributed by atoms with Crippen molar-refractivity contribution in [2.75, 3.05) is 26.7 Å². The van der Waals surface area contributed by atoms with E-state index in [2.05, 4.69) is 10.00 Å². The van der Waals surface area contributed by atoms with Gasteiger partial charge in [0.05, 0.1) is 24.1 Å². The maximum absolute atomic E-state index is 13.2. The fraction of sp³-hybridized carbons (Fsp3) is 0.350. The summed E-state index contributed by atoms with van der Waals surface area (Å²) in [6, 6.07) is 13.9. The van der Waals surface area contributed by atoms with Crippen LogP contribution in [0.4, 0.5) is 0 Å². The summed E-state index contributed by atoms with van der Waals surface area (Å²) in [7, 11) is -2.13. The lowest BCUT2D eigenvalue weighted by Gasteiger charge is -2.14. The van der Waals surface area contributed by atoms with Crippen LogP contribution in [0.3, 0.4) is 0 Å². The summed E-state index contributed by atoms with van der Waals surface area (Å²) in [4.78, 5) is 2.64. The molecule has 0 amide bonds. The molecule has 1 saturated heterocycles. The lowest BCUT2D eigenvalue weighted by atomic mass is 10.2. The molecule has 0 atom stereocenters. The van der Waals surface area contributed by atoms with Gasteiger partial charge in [0.2, 0.25) is 9.84 Å². The van der Waals surface area contributed by atoms with Crippen molar-refractivity contribution >= 4 is 20.7 Å². The van der Waals surface area contributed by atoms with Crippen molar-refractivity contribution in [3.63, 3.8) is 0 Å². The third kappa shape index (κ3) is 3.44. The molecule has 7 heteroatoms. The van der Waals surface area contributed by atoms with Gasteiger partial charge in [0, 0.05) is 11.9 Å². The summed E-state index contributed by atoms with van der Waals surface area (Å²) in [6.45, 7) is 3.73. The molecule has 2 aromatic carbocycles. The first-order valence-electron chi connectivity index (χ1n) is 9.16. The lowest BCUT2D eigenvalue weighted by Crippen LogP contribution is -2.24. The minimum atomic E-state index is -3.71. The summed E-state index contributed by atoms with van der Waals surface area (Å²) >= 11 is 0. The van der Waals surface area contributed by atoms with Crippen LogP contribution in [0, 0.1) is 0 Å². The summed E-state index contributed by atoms with van der Waals surface area (Å²) in [5.41, 5.74) is 0.810. The number of nitrogens with zero attached hydrogens (tertiary/aromatic N) is 3. The number of methoxy groups -OCH3 is 1. The van der Waals surface area contributed by atoms with Crippen LogP contribution in [0.25, 0.3) is 10.9 Å². The van der Waals surface area contributed by atoms with Crippen molar-refractivity contribution in [3.05, 3.63) is 48.5 Å². The molecule has 2 heterocycles. The number of fused-ring (bicyclic) bond motifs is 1. The monoisotopic (exact) mass is 385 g/mol.